The van der Waals surface area contributed by atoms with Gasteiger partial charge in [-0.2, -0.15) is 49.1 Å². The first kappa shape index (κ1) is 22.2. The Labute approximate surface area is 178 Å². The van der Waals surface area contributed by atoms with Crippen molar-refractivity contribution in [3.8, 4) is 0 Å². The molecule has 1 aliphatic rings. The molecule has 2 atom stereocenters. The summed E-state index contributed by atoms with van der Waals surface area (Å²) in [6, 6.07) is 13.4. The van der Waals surface area contributed by atoms with E-state index in [1.807, 2.05) is 0 Å². The minimum atomic E-state index is -4.47. The largest absolute Gasteiger partial charge is 2.00 e. The average molecular weight is 618 g/mol. The first-order chi connectivity index (χ1) is 10.2. The van der Waals surface area contributed by atoms with Gasteiger partial charge in [0, 0.05) is 16.9 Å². The number of alkyl halides is 5. The molecule has 0 radical (unpaired) electrons. The zero-order valence-corrected chi connectivity index (χ0v) is 18.9. The molecule has 126 valence electrons. The van der Waals surface area contributed by atoms with Crippen LogP contribution in [-0.4, -0.2) is 4.33 Å². The van der Waals surface area contributed by atoms with E-state index in [2.05, 4.69) is 6.07 Å². The van der Waals surface area contributed by atoms with E-state index in [4.69, 9.17) is 34.8 Å². The van der Waals surface area contributed by atoms with Crippen LogP contribution in [0.25, 0.3) is 0 Å². The minimum Gasteiger partial charge on any atom is -0.358 e. The van der Waals surface area contributed by atoms with Gasteiger partial charge in [0.2, 0.25) is 0 Å². The molecular weight excluding hydrogens is 606 g/mol. The fourth-order valence-corrected chi connectivity index (χ4v) is 3.84. The molecular formula is C17H12Cl3F3U. The summed E-state index contributed by atoms with van der Waals surface area (Å²) >= 11 is 18.4. The Morgan fingerprint density at radius 2 is 1.50 bits per heavy atom. The molecule has 0 saturated heterocycles. The van der Waals surface area contributed by atoms with Crippen LogP contribution in [0.4, 0.5) is 13.2 Å². The molecule has 2 aromatic carbocycles. The number of benzene rings is 2. The fourth-order valence-electron chi connectivity index (χ4n) is 2.72. The number of hydrogen-bond donors (Lipinski definition) is 0. The third kappa shape index (κ3) is 4.27. The first-order valence-electron chi connectivity index (χ1n) is 6.43. The molecule has 0 heterocycles. The predicted octanol–water partition coefficient (Wildman–Crippen LogP) is 6.66. The monoisotopic (exact) mass is 616 g/mol. The van der Waals surface area contributed by atoms with Crippen LogP contribution in [0.1, 0.15) is 28.5 Å². The van der Waals surface area contributed by atoms with Crippen molar-refractivity contribution >= 4 is 34.8 Å². The molecule has 0 bridgehead atoms. The van der Waals surface area contributed by atoms with Gasteiger partial charge in [0.25, 0.3) is 0 Å². The van der Waals surface area contributed by atoms with Crippen LogP contribution in [0, 0.1) is 44.6 Å². The Morgan fingerprint density at radius 3 is 2.04 bits per heavy atom. The summed E-state index contributed by atoms with van der Waals surface area (Å²) in [4.78, 5) is 0. The molecule has 2 aromatic rings. The molecule has 0 N–H and O–H groups in total. The Bertz CT molecular complexity index is 702. The zero-order valence-electron chi connectivity index (χ0n) is 12.5. The Kier molecular flexibility index (Phi) is 7.22. The van der Waals surface area contributed by atoms with Gasteiger partial charge < -0.3 is 7.43 Å². The van der Waals surface area contributed by atoms with E-state index in [1.165, 1.54) is 6.07 Å². The molecule has 0 amide bonds. The summed E-state index contributed by atoms with van der Waals surface area (Å²) in [6.45, 7) is 0. The van der Waals surface area contributed by atoms with Gasteiger partial charge >= 0.3 is 37.3 Å². The van der Waals surface area contributed by atoms with Crippen LogP contribution in [0.15, 0.2) is 42.5 Å². The summed E-state index contributed by atoms with van der Waals surface area (Å²) in [5.41, 5.74) is 0.455. The molecule has 0 aromatic heterocycles. The van der Waals surface area contributed by atoms with Crippen molar-refractivity contribution in [3.05, 3.63) is 77.7 Å². The number of halogens is 6. The maximum Gasteiger partial charge on any atom is 2.00 e. The standard InChI is InChI=1S/C16H9Cl3F3.CH3.U/c17-12-7-10(6-11(8-12)16(20,21)22)14-13(15(14,18)19)9-4-2-1-3-5-9;;/h2-8,13-14H;1H3;/q2*-1;+2. The minimum absolute atomic E-state index is 0. The zero-order chi connectivity index (χ0) is 16.1. The SMILES string of the molecule is FC(F)(F)c1cc(Cl)cc(C2C(c3cc[c-]cc3)C2(Cl)Cl)c1.[CH3-].[U+2]. The van der Waals surface area contributed by atoms with Crippen molar-refractivity contribution in [2.75, 3.05) is 0 Å². The van der Waals surface area contributed by atoms with E-state index < -0.39 is 22.0 Å². The third-order valence-corrected chi connectivity index (χ3v) is 4.92. The van der Waals surface area contributed by atoms with Crippen molar-refractivity contribution in [2.24, 2.45) is 0 Å². The van der Waals surface area contributed by atoms with Crippen LogP contribution in [-0.2, 0) is 6.18 Å². The van der Waals surface area contributed by atoms with Crippen LogP contribution >= 0.6 is 34.8 Å². The molecule has 2 unspecified atom stereocenters. The number of rotatable bonds is 2. The van der Waals surface area contributed by atoms with Gasteiger partial charge in [-0.1, -0.05) is 11.6 Å². The summed E-state index contributed by atoms with van der Waals surface area (Å²) in [5.74, 6) is -0.706. The van der Waals surface area contributed by atoms with E-state index in [-0.39, 0.29) is 49.5 Å². The van der Waals surface area contributed by atoms with Gasteiger partial charge in [-0.25, -0.2) is 0 Å². The topological polar surface area (TPSA) is 0 Å². The molecule has 1 saturated carbocycles. The van der Waals surface area contributed by atoms with Gasteiger partial charge in [-0.15, -0.1) is 23.2 Å². The molecule has 0 spiro atoms. The third-order valence-electron chi connectivity index (χ3n) is 3.76. The summed E-state index contributed by atoms with van der Waals surface area (Å²) in [7, 11) is 0. The second-order valence-electron chi connectivity index (χ2n) is 5.23. The van der Waals surface area contributed by atoms with Crippen LogP contribution < -0.4 is 0 Å². The molecule has 1 fully saturated rings. The van der Waals surface area contributed by atoms with Crippen molar-refractivity contribution in [3.63, 3.8) is 0 Å². The van der Waals surface area contributed by atoms with Crippen molar-refractivity contribution < 1.29 is 44.3 Å². The van der Waals surface area contributed by atoms with E-state index >= 15 is 0 Å². The van der Waals surface area contributed by atoms with Crippen LogP contribution in [0.2, 0.25) is 5.02 Å². The maximum absolute atomic E-state index is 12.9. The predicted molar refractivity (Wildman–Crippen MR) is 88.1 cm³/mol. The van der Waals surface area contributed by atoms with Crippen molar-refractivity contribution in [1.29, 1.82) is 0 Å². The van der Waals surface area contributed by atoms with E-state index in [0.717, 1.165) is 17.7 Å². The molecule has 7 heteroatoms. The molecule has 24 heavy (non-hydrogen) atoms. The second-order valence-corrected chi connectivity index (χ2v) is 7.11. The second kappa shape index (κ2) is 7.81. The Balaban J connectivity index is 0.00000144. The Morgan fingerprint density at radius 1 is 0.958 bits per heavy atom. The van der Waals surface area contributed by atoms with E-state index in [1.54, 1.807) is 24.3 Å². The first-order valence-corrected chi connectivity index (χ1v) is 7.56. The smallest absolute Gasteiger partial charge is 0.358 e. The summed E-state index contributed by atoms with van der Waals surface area (Å²) in [5, 5.41) is 0.0148. The quantitative estimate of drug-likeness (QED) is 0.261. The fraction of sp³-hybridized carbons (Fsp3) is 0.235. The molecule has 1 aliphatic carbocycles. The van der Waals surface area contributed by atoms with Gasteiger partial charge in [-0.3, -0.25) is 0 Å². The van der Waals surface area contributed by atoms with E-state index in [9.17, 15) is 13.2 Å². The van der Waals surface area contributed by atoms with E-state index in [0.29, 0.717) is 5.56 Å². The number of hydrogen-bond acceptors (Lipinski definition) is 0. The van der Waals surface area contributed by atoms with Gasteiger partial charge in [0.15, 0.2) is 0 Å². The summed E-state index contributed by atoms with van der Waals surface area (Å²) < 4.78 is 37.6. The van der Waals surface area contributed by atoms with Crippen LogP contribution in [0.5, 0.6) is 0 Å². The molecule has 0 aliphatic heterocycles. The maximum atomic E-state index is 12.9. The summed E-state index contributed by atoms with van der Waals surface area (Å²) in [6.07, 6.45) is -4.47. The van der Waals surface area contributed by atoms with Gasteiger partial charge in [0.1, 0.15) is 4.33 Å². The van der Waals surface area contributed by atoms with Crippen LogP contribution in [0.3, 0.4) is 0 Å². The van der Waals surface area contributed by atoms with Crippen molar-refractivity contribution in [2.45, 2.75) is 22.3 Å². The molecule has 3 rings (SSSR count). The van der Waals surface area contributed by atoms with Gasteiger partial charge in [0.05, 0.1) is 5.56 Å². The van der Waals surface area contributed by atoms with Crippen molar-refractivity contribution in [1.82, 2.24) is 0 Å². The molecule has 0 nitrogen and oxygen atoms in total. The Hall–Kier alpha value is 0.152. The normalized spacial score (nSPS) is 21.4. The van der Waals surface area contributed by atoms with Gasteiger partial charge in [-0.05, 0) is 23.8 Å². The average Bonchev–Trinajstić information content (AvgIpc) is 3.01.